The summed E-state index contributed by atoms with van der Waals surface area (Å²) in [4.78, 5) is 40.2. The molecule has 4 aliphatic carbocycles. The fraction of sp³-hybridized carbons (Fsp3) is 0.500. The van der Waals surface area contributed by atoms with Crippen molar-refractivity contribution in [2.45, 2.75) is 74.6 Å². The second-order valence-electron chi connectivity index (χ2n) is 12.6. The Bertz CT molecular complexity index is 1410. The van der Waals surface area contributed by atoms with Gasteiger partial charge in [-0.05, 0) is 106 Å². The molecule has 0 saturated heterocycles. The van der Waals surface area contributed by atoms with E-state index in [0.717, 1.165) is 30.4 Å². The van der Waals surface area contributed by atoms with E-state index >= 15 is 0 Å². The van der Waals surface area contributed by atoms with Crippen LogP contribution in [0.25, 0.3) is 0 Å². The second-order valence-corrected chi connectivity index (χ2v) is 14.3. The minimum Gasteiger partial charge on any atom is -0.332 e. The van der Waals surface area contributed by atoms with E-state index in [0.29, 0.717) is 29.7 Å². The van der Waals surface area contributed by atoms with Crippen LogP contribution in [0.4, 0.5) is 4.79 Å². The zero-order valence-electron chi connectivity index (χ0n) is 22.4. The highest BCUT2D eigenvalue weighted by atomic mass is 32.2. The van der Waals surface area contributed by atoms with Gasteiger partial charge >= 0.3 is 6.03 Å². The molecule has 206 valence electrons. The zero-order valence-corrected chi connectivity index (χ0v) is 23.2. The van der Waals surface area contributed by atoms with Crippen LogP contribution in [0, 0.1) is 17.8 Å². The average molecular weight is 550 g/mol. The van der Waals surface area contributed by atoms with Gasteiger partial charge in [0.05, 0.1) is 10.3 Å². The van der Waals surface area contributed by atoms with Crippen molar-refractivity contribution < 1.29 is 22.8 Å². The monoisotopic (exact) mass is 549 g/mol. The van der Waals surface area contributed by atoms with Gasteiger partial charge in [0.15, 0.2) is 0 Å². The van der Waals surface area contributed by atoms with Gasteiger partial charge in [-0.3, -0.25) is 14.5 Å². The Morgan fingerprint density at radius 1 is 0.923 bits per heavy atom. The molecule has 4 amide bonds. The van der Waals surface area contributed by atoms with E-state index < -0.39 is 21.5 Å². The Morgan fingerprint density at radius 2 is 1.51 bits per heavy atom. The molecule has 4 saturated carbocycles. The molecule has 8 nitrogen and oxygen atoms in total. The predicted octanol–water partition coefficient (Wildman–Crippen LogP) is 4.15. The van der Waals surface area contributed by atoms with Crippen LogP contribution in [0.15, 0.2) is 53.4 Å². The van der Waals surface area contributed by atoms with E-state index in [9.17, 15) is 22.8 Å². The summed E-state index contributed by atoms with van der Waals surface area (Å²) < 4.78 is 28.1. The van der Waals surface area contributed by atoms with Crippen LogP contribution in [-0.2, 0) is 26.7 Å². The SMILES string of the molecule is CC1(C)C(=O)N(CCc2ccc(S(=O)(=O)NC(=O)NC34CC5CC(CC(C5)C3)C4)cc2)C(=O)c2ccccc21. The summed E-state index contributed by atoms with van der Waals surface area (Å²) in [5.41, 5.74) is 0.942. The summed E-state index contributed by atoms with van der Waals surface area (Å²) in [5.74, 6) is 1.34. The third-order valence-electron chi connectivity index (χ3n) is 9.36. The van der Waals surface area contributed by atoms with Crippen molar-refractivity contribution in [2.24, 2.45) is 17.8 Å². The van der Waals surface area contributed by atoms with E-state index in [4.69, 9.17) is 0 Å². The van der Waals surface area contributed by atoms with Crippen molar-refractivity contribution in [1.29, 1.82) is 0 Å². The predicted molar refractivity (Wildman–Crippen MR) is 145 cm³/mol. The Morgan fingerprint density at radius 3 is 2.13 bits per heavy atom. The van der Waals surface area contributed by atoms with Crippen LogP contribution in [0.2, 0.25) is 0 Å². The molecule has 9 heteroatoms. The van der Waals surface area contributed by atoms with Crippen LogP contribution < -0.4 is 10.0 Å². The third kappa shape index (κ3) is 4.64. The maximum atomic E-state index is 13.1. The first-order valence-electron chi connectivity index (χ1n) is 13.9. The molecular weight excluding hydrogens is 514 g/mol. The maximum Gasteiger partial charge on any atom is 0.329 e. The van der Waals surface area contributed by atoms with Crippen molar-refractivity contribution in [1.82, 2.24) is 14.9 Å². The lowest BCUT2D eigenvalue weighted by Crippen LogP contribution is -2.61. The Balaban J connectivity index is 1.09. The highest BCUT2D eigenvalue weighted by molar-refractivity contribution is 7.90. The number of carbonyl (C=O) groups excluding carboxylic acids is 3. The molecule has 2 N–H and O–H groups in total. The van der Waals surface area contributed by atoms with Gasteiger partial charge in [-0.2, -0.15) is 0 Å². The molecule has 4 fully saturated rings. The number of rotatable bonds is 6. The Labute approximate surface area is 229 Å². The lowest BCUT2D eigenvalue weighted by molar-refractivity contribution is -0.134. The number of hydrogen-bond donors (Lipinski definition) is 2. The van der Waals surface area contributed by atoms with E-state index in [2.05, 4.69) is 10.0 Å². The second kappa shape index (κ2) is 9.18. The minimum absolute atomic E-state index is 0.00732. The van der Waals surface area contributed by atoms with Gasteiger partial charge in [0.2, 0.25) is 5.91 Å². The number of nitrogens with one attached hydrogen (secondary N) is 2. The van der Waals surface area contributed by atoms with Gasteiger partial charge in [-0.15, -0.1) is 0 Å². The molecular formula is C30H35N3O5S. The normalized spacial score (nSPS) is 28.8. The molecule has 2 aromatic rings. The van der Waals surface area contributed by atoms with Gasteiger partial charge in [-0.25, -0.2) is 17.9 Å². The number of hydrogen-bond acceptors (Lipinski definition) is 5. The number of carbonyl (C=O) groups is 3. The molecule has 0 atom stereocenters. The first-order valence-corrected chi connectivity index (χ1v) is 15.3. The molecule has 0 unspecified atom stereocenters. The quantitative estimate of drug-likeness (QED) is 0.526. The van der Waals surface area contributed by atoms with Crippen molar-refractivity contribution >= 4 is 27.9 Å². The van der Waals surface area contributed by atoms with Gasteiger partial charge in [-0.1, -0.05) is 30.3 Å². The van der Waals surface area contributed by atoms with Crippen molar-refractivity contribution in [2.75, 3.05) is 6.54 Å². The van der Waals surface area contributed by atoms with Gasteiger partial charge in [0.1, 0.15) is 0 Å². The Hall–Kier alpha value is -3.20. The largest absolute Gasteiger partial charge is 0.332 e. The molecule has 5 aliphatic rings. The molecule has 4 bridgehead atoms. The molecule has 0 spiro atoms. The summed E-state index contributed by atoms with van der Waals surface area (Å²) in [6.45, 7) is 3.83. The summed E-state index contributed by atoms with van der Waals surface area (Å²) >= 11 is 0. The summed E-state index contributed by atoms with van der Waals surface area (Å²) in [6, 6.07) is 12.7. The topological polar surface area (TPSA) is 113 Å². The number of imide groups is 1. The zero-order chi connectivity index (χ0) is 27.6. The molecule has 0 radical (unpaired) electrons. The first kappa shape index (κ1) is 26.0. The smallest absolute Gasteiger partial charge is 0.329 e. The fourth-order valence-corrected chi connectivity index (χ4v) is 8.80. The van der Waals surface area contributed by atoms with E-state index in [1.54, 1.807) is 24.3 Å². The average Bonchev–Trinajstić information content (AvgIpc) is 2.86. The van der Waals surface area contributed by atoms with E-state index in [1.165, 1.54) is 36.3 Å². The number of urea groups is 1. The fourth-order valence-electron chi connectivity index (χ4n) is 7.90. The lowest BCUT2D eigenvalue weighted by atomic mass is 9.53. The number of sulfonamides is 1. The molecule has 2 aromatic carbocycles. The third-order valence-corrected chi connectivity index (χ3v) is 10.7. The highest BCUT2D eigenvalue weighted by Crippen LogP contribution is 2.55. The van der Waals surface area contributed by atoms with Crippen molar-refractivity contribution in [3.8, 4) is 0 Å². The highest BCUT2D eigenvalue weighted by Gasteiger charge is 2.51. The number of benzene rings is 2. The number of nitrogens with zero attached hydrogens (tertiary/aromatic N) is 1. The minimum atomic E-state index is -4.04. The lowest BCUT2D eigenvalue weighted by Gasteiger charge is -2.56. The molecule has 7 rings (SSSR count). The van der Waals surface area contributed by atoms with Gasteiger partial charge < -0.3 is 5.32 Å². The van der Waals surface area contributed by atoms with E-state index in [-0.39, 0.29) is 28.8 Å². The summed E-state index contributed by atoms with van der Waals surface area (Å²) in [5, 5.41) is 3.04. The molecule has 0 aromatic heterocycles. The van der Waals surface area contributed by atoms with Crippen LogP contribution >= 0.6 is 0 Å². The molecule has 39 heavy (non-hydrogen) atoms. The van der Waals surface area contributed by atoms with Gasteiger partial charge in [0.25, 0.3) is 15.9 Å². The standard InChI is InChI=1S/C30H35N3O5S/c1-29(2)25-6-4-3-5-24(25)26(34)33(27(29)35)12-11-19-7-9-23(10-8-19)39(37,38)32-28(36)31-30-16-20-13-21(17-30)15-22(14-20)18-30/h3-10,20-22H,11-18H2,1-2H3,(H2,31,32,36). The summed E-state index contributed by atoms with van der Waals surface area (Å²) in [6.07, 6.45) is 6.90. The van der Waals surface area contributed by atoms with Crippen LogP contribution in [-0.4, -0.2) is 43.2 Å². The van der Waals surface area contributed by atoms with Crippen molar-refractivity contribution in [3.05, 3.63) is 65.2 Å². The number of fused-ring (bicyclic) bond motifs is 1. The summed E-state index contributed by atoms with van der Waals surface area (Å²) in [7, 11) is -4.04. The van der Waals surface area contributed by atoms with Gasteiger partial charge in [0, 0.05) is 17.6 Å². The maximum absolute atomic E-state index is 13.1. The first-order chi connectivity index (χ1) is 18.5. The Kier molecular flexibility index (Phi) is 6.13. The van der Waals surface area contributed by atoms with Crippen LogP contribution in [0.5, 0.6) is 0 Å². The number of amides is 4. The van der Waals surface area contributed by atoms with Crippen LogP contribution in [0.3, 0.4) is 0 Å². The van der Waals surface area contributed by atoms with Crippen LogP contribution in [0.1, 0.15) is 73.9 Å². The van der Waals surface area contributed by atoms with E-state index in [1.807, 2.05) is 26.0 Å². The van der Waals surface area contributed by atoms with Crippen molar-refractivity contribution in [3.63, 3.8) is 0 Å². The molecule has 1 heterocycles. The molecule has 1 aliphatic heterocycles.